The van der Waals surface area contributed by atoms with Gasteiger partial charge in [0, 0.05) is 18.2 Å². The van der Waals surface area contributed by atoms with Crippen molar-refractivity contribution in [3.8, 4) is 17.0 Å². The van der Waals surface area contributed by atoms with Crippen LogP contribution in [0.1, 0.15) is 17.4 Å². The van der Waals surface area contributed by atoms with Gasteiger partial charge in [0.2, 0.25) is 5.91 Å². The van der Waals surface area contributed by atoms with Crippen molar-refractivity contribution in [2.45, 2.75) is 19.0 Å². The number of nitrogens with zero attached hydrogens (tertiary/aromatic N) is 3. The lowest BCUT2D eigenvalue weighted by Crippen LogP contribution is -2.23. The van der Waals surface area contributed by atoms with E-state index in [1.165, 1.54) is 18.5 Å². The van der Waals surface area contributed by atoms with Crippen LogP contribution in [0.3, 0.4) is 0 Å². The summed E-state index contributed by atoms with van der Waals surface area (Å²) in [6.07, 6.45) is -3.55. The molecule has 2 heterocycles. The van der Waals surface area contributed by atoms with E-state index in [1.54, 1.807) is 11.6 Å². The van der Waals surface area contributed by atoms with Gasteiger partial charge < -0.3 is 24.8 Å². The number of ether oxygens (including phenoxy) is 1. The summed E-state index contributed by atoms with van der Waals surface area (Å²) in [7, 11) is 1.68. The third kappa shape index (κ3) is 4.84. The Morgan fingerprint density at radius 1 is 1.35 bits per heavy atom. The van der Waals surface area contributed by atoms with Gasteiger partial charge in [-0.3, -0.25) is 4.79 Å². The van der Waals surface area contributed by atoms with Crippen LogP contribution in [0.4, 0.5) is 13.2 Å². The maximum absolute atomic E-state index is 12.4. The van der Waals surface area contributed by atoms with Crippen molar-refractivity contribution >= 4 is 16.9 Å². The van der Waals surface area contributed by atoms with Gasteiger partial charge in [-0.1, -0.05) is 6.58 Å². The Hall–Kier alpha value is -3.44. The number of aromatic nitrogens is 3. The summed E-state index contributed by atoms with van der Waals surface area (Å²) >= 11 is 0. The van der Waals surface area contributed by atoms with E-state index in [0.717, 1.165) is 18.2 Å². The Labute approximate surface area is 174 Å². The molecule has 1 unspecified atom stereocenters. The Morgan fingerprint density at radius 3 is 2.61 bits per heavy atom. The van der Waals surface area contributed by atoms with Crippen LogP contribution >= 0.6 is 0 Å². The topological polar surface area (TPSA) is 110 Å². The molecule has 3 rings (SSSR count). The van der Waals surface area contributed by atoms with Gasteiger partial charge in [0.05, 0.1) is 36.4 Å². The highest BCUT2D eigenvalue weighted by Gasteiger charge is 2.31. The normalized spacial score (nSPS) is 12.6. The summed E-state index contributed by atoms with van der Waals surface area (Å²) in [5, 5.41) is 22.5. The van der Waals surface area contributed by atoms with Gasteiger partial charge >= 0.3 is 6.36 Å². The molecule has 2 aromatic heterocycles. The Bertz CT molecular complexity index is 1110. The fourth-order valence-corrected chi connectivity index (χ4v) is 3.14. The zero-order chi connectivity index (χ0) is 22.8. The number of benzene rings is 1. The lowest BCUT2D eigenvalue weighted by molar-refractivity contribution is -0.274. The molecule has 31 heavy (non-hydrogen) atoms. The van der Waals surface area contributed by atoms with Crippen molar-refractivity contribution in [2.24, 2.45) is 7.05 Å². The number of amides is 1. The number of halogens is 3. The maximum Gasteiger partial charge on any atom is 0.573 e. The average molecular weight is 436 g/mol. The maximum atomic E-state index is 12.4. The highest BCUT2D eigenvalue weighted by molar-refractivity contribution is 5.93. The number of carbonyl (C=O) groups is 1. The lowest BCUT2D eigenvalue weighted by Gasteiger charge is -2.18. The summed E-state index contributed by atoms with van der Waals surface area (Å²) in [5.41, 5.74) is 2.14. The molecule has 0 aliphatic heterocycles. The smallest absolute Gasteiger partial charge is 0.406 e. The molecule has 0 fully saturated rings. The number of aliphatic hydroxyl groups excluding tert-OH is 2. The number of aryl methyl sites for hydroxylation is 1. The van der Waals surface area contributed by atoms with E-state index in [1.807, 2.05) is 0 Å². The van der Waals surface area contributed by atoms with E-state index >= 15 is 0 Å². The number of hydrogen-bond acceptors (Lipinski definition) is 6. The second kappa shape index (κ2) is 8.74. The molecule has 0 spiro atoms. The number of rotatable bonds is 7. The third-order valence-electron chi connectivity index (χ3n) is 4.46. The van der Waals surface area contributed by atoms with Gasteiger partial charge in [-0.25, -0.2) is 9.97 Å². The third-order valence-corrected chi connectivity index (χ3v) is 4.46. The number of aliphatic hydroxyl groups is 2. The second-order valence-electron chi connectivity index (χ2n) is 6.57. The van der Waals surface area contributed by atoms with Gasteiger partial charge in [-0.15, -0.1) is 13.2 Å². The molecule has 0 aliphatic carbocycles. The van der Waals surface area contributed by atoms with Crippen molar-refractivity contribution in [3.63, 3.8) is 0 Å². The van der Waals surface area contributed by atoms with Crippen LogP contribution < -0.4 is 10.1 Å². The van der Waals surface area contributed by atoms with Crippen molar-refractivity contribution in [3.05, 3.63) is 54.5 Å². The predicted molar refractivity (Wildman–Crippen MR) is 105 cm³/mol. The monoisotopic (exact) mass is 436 g/mol. The molecule has 8 nitrogen and oxygen atoms in total. The summed E-state index contributed by atoms with van der Waals surface area (Å²) in [5.74, 6) is -0.856. The quantitative estimate of drug-likeness (QED) is 0.491. The summed E-state index contributed by atoms with van der Waals surface area (Å²) in [4.78, 5) is 20.4. The predicted octanol–water partition coefficient (Wildman–Crippen LogP) is 2.36. The molecule has 0 saturated carbocycles. The van der Waals surface area contributed by atoms with E-state index < -0.39 is 25.0 Å². The first-order chi connectivity index (χ1) is 14.6. The minimum atomic E-state index is -4.81. The number of nitrogens with one attached hydrogen (secondary N) is 1. The fourth-order valence-electron chi connectivity index (χ4n) is 3.14. The average Bonchev–Trinajstić information content (AvgIpc) is 3.11. The van der Waals surface area contributed by atoms with Crippen LogP contribution in [0.5, 0.6) is 5.75 Å². The van der Waals surface area contributed by atoms with Gasteiger partial charge in [-0.2, -0.15) is 0 Å². The van der Waals surface area contributed by atoms with Crippen molar-refractivity contribution in [1.29, 1.82) is 0 Å². The van der Waals surface area contributed by atoms with Crippen molar-refractivity contribution in [1.82, 2.24) is 19.9 Å². The molecule has 1 aromatic carbocycles. The number of pyridine rings is 1. The molecule has 164 valence electrons. The van der Waals surface area contributed by atoms with Crippen LogP contribution in [0.15, 0.2) is 43.2 Å². The summed E-state index contributed by atoms with van der Waals surface area (Å²) in [6.45, 7) is 2.70. The first kappa shape index (κ1) is 22.2. The first-order valence-electron chi connectivity index (χ1n) is 9.03. The van der Waals surface area contributed by atoms with E-state index in [2.05, 4.69) is 26.6 Å². The zero-order valence-electron chi connectivity index (χ0n) is 16.3. The zero-order valence-corrected chi connectivity index (χ0v) is 16.3. The molecule has 11 heteroatoms. The molecule has 3 N–H and O–H groups in total. The van der Waals surface area contributed by atoms with Gasteiger partial charge in [-0.05, 0) is 30.3 Å². The lowest BCUT2D eigenvalue weighted by atomic mass is 10.0. The number of imidazole rings is 1. The van der Waals surface area contributed by atoms with Crippen LogP contribution in [-0.4, -0.2) is 43.6 Å². The largest absolute Gasteiger partial charge is 0.573 e. The van der Waals surface area contributed by atoms with E-state index in [9.17, 15) is 28.2 Å². The molecule has 1 atom stereocenters. The van der Waals surface area contributed by atoms with Crippen molar-refractivity contribution < 1.29 is 32.9 Å². The molecular formula is C20H19F3N4O4. The highest BCUT2D eigenvalue weighted by Crippen LogP contribution is 2.34. The number of fused-ring (bicyclic) bond motifs is 1. The molecule has 3 aromatic rings. The van der Waals surface area contributed by atoms with Gasteiger partial charge in [0.1, 0.15) is 17.4 Å². The first-order valence-corrected chi connectivity index (χ1v) is 9.03. The van der Waals surface area contributed by atoms with Crippen LogP contribution in [0.2, 0.25) is 0 Å². The molecule has 1 amide bonds. The highest BCUT2D eigenvalue weighted by atomic mass is 19.4. The number of carbonyl (C=O) groups excluding carboxylic acids is 1. The second-order valence-corrected chi connectivity index (χ2v) is 6.57. The Morgan fingerprint density at radius 2 is 2.03 bits per heavy atom. The molecular weight excluding hydrogens is 417 g/mol. The minimum Gasteiger partial charge on any atom is -0.406 e. The fraction of sp³-hybridized carbons (Fsp3) is 0.250. The van der Waals surface area contributed by atoms with E-state index in [0.29, 0.717) is 22.3 Å². The minimum absolute atomic E-state index is 0.0827. The number of hydrogen-bond donors (Lipinski definition) is 3. The van der Waals surface area contributed by atoms with Crippen LogP contribution in [-0.2, 0) is 18.4 Å². The number of alkyl halides is 3. The summed E-state index contributed by atoms with van der Waals surface area (Å²) in [6, 6.07) is 5.08. The Balaban J connectivity index is 2.15. The van der Waals surface area contributed by atoms with Crippen LogP contribution in [0, 0.1) is 0 Å². The standard InChI is InChI=1S/C20H19F3N4O4/c1-3-15(30)24-8-13-16(14(29)9-28)19-18(25-10-27(19)2)17(26-13)11-4-6-12(7-5-11)31-20(21,22)23/h3-7,10,14,28-29H,1,8-9H2,2H3,(H,24,30). The van der Waals surface area contributed by atoms with Crippen LogP contribution in [0.25, 0.3) is 22.3 Å². The van der Waals surface area contributed by atoms with E-state index in [-0.39, 0.29) is 23.6 Å². The van der Waals surface area contributed by atoms with Crippen molar-refractivity contribution in [2.75, 3.05) is 6.61 Å². The molecule has 0 bridgehead atoms. The molecule has 0 aliphatic rings. The molecule has 0 saturated heterocycles. The molecule has 0 radical (unpaired) electrons. The van der Waals surface area contributed by atoms with Gasteiger partial charge in [0.25, 0.3) is 0 Å². The van der Waals surface area contributed by atoms with Gasteiger partial charge in [0.15, 0.2) is 0 Å². The SMILES string of the molecule is C=CC(=O)NCc1nc(-c2ccc(OC(F)(F)F)cc2)c2ncn(C)c2c1C(O)CO. The Kier molecular flexibility index (Phi) is 6.27. The summed E-state index contributed by atoms with van der Waals surface area (Å²) < 4.78 is 42.8. The van der Waals surface area contributed by atoms with E-state index in [4.69, 9.17) is 0 Å².